The molecular weight excluding hydrogens is 511 g/mol. The highest BCUT2D eigenvalue weighted by atomic mass is 19.1. The van der Waals surface area contributed by atoms with Crippen LogP contribution in [-0.2, 0) is 27.5 Å². The standard InChI is InChI=1S/C19H19FN4O13/c20-8-4-23(18(31)22-15(8)28)6-21-19(32)35-5-7-1-2-10(9(3-7)24(33)34)36-17-13(27)11(25)12(26)14(37-17)16(29)30/h1-4,11-14,17,25-27H,5-6H2,(H,21,32)(H,29,30)(H,22,28,31)/t11-,12-,13+,14-,17+/m0/s1. The fourth-order valence-electron chi connectivity index (χ4n) is 3.12. The second kappa shape index (κ2) is 11.1. The minimum Gasteiger partial charge on any atom is -0.479 e. The van der Waals surface area contributed by atoms with Gasteiger partial charge in [0.15, 0.2) is 11.9 Å². The van der Waals surface area contributed by atoms with Crippen LogP contribution < -0.4 is 21.3 Å². The maximum absolute atomic E-state index is 13.3. The lowest BCUT2D eigenvalue weighted by atomic mass is 9.99. The van der Waals surface area contributed by atoms with Gasteiger partial charge < -0.3 is 40.0 Å². The lowest BCUT2D eigenvalue weighted by molar-refractivity contribution is -0.387. The summed E-state index contributed by atoms with van der Waals surface area (Å²) in [6, 6.07) is 3.17. The average Bonchev–Trinajstić information content (AvgIpc) is 2.84. The zero-order valence-corrected chi connectivity index (χ0v) is 18.3. The van der Waals surface area contributed by atoms with Crippen LogP contribution in [0.5, 0.6) is 5.75 Å². The van der Waals surface area contributed by atoms with E-state index in [1.807, 2.05) is 0 Å². The number of carbonyl (C=O) groups is 2. The van der Waals surface area contributed by atoms with Crippen molar-refractivity contribution in [2.45, 2.75) is 44.0 Å². The molecule has 5 atom stereocenters. The van der Waals surface area contributed by atoms with E-state index in [0.29, 0.717) is 10.8 Å². The van der Waals surface area contributed by atoms with Crippen LogP contribution in [0, 0.1) is 15.9 Å². The molecular formula is C19H19FN4O13. The van der Waals surface area contributed by atoms with Crippen molar-refractivity contribution in [3.63, 3.8) is 0 Å². The monoisotopic (exact) mass is 530 g/mol. The Bertz CT molecular complexity index is 1310. The van der Waals surface area contributed by atoms with Crippen LogP contribution >= 0.6 is 0 Å². The van der Waals surface area contributed by atoms with Crippen LogP contribution in [-0.4, -0.2) is 77.7 Å². The predicted octanol–water partition coefficient (Wildman–Crippen LogP) is -2.26. The number of aliphatic hydroxyl groups excluding tert-OH is 3. The van der Waals surface area contributed by atoms with E-state index in [9.17, 15) is 49.0 Å². The van der Waals surface area contributed by atoms with Crippen molar-refractivity contribution in [3.05, 3.63) is 66.7 Å². The minimum absolute atomic E-state index is 0.0745. The Balaban J connectivity index is 1.66. The molecule has 1 aliphatic heterocycles. The summed E-state index contributed by atoms with van der Waals surface area (Å²) in [7, 11) is 0. The van der Waals surface area contributed by atoms with Crippen LogP contribution in [0.25, 0.3) is 0 Å². The van der Waals surface area contributed by atoms with Crippen molar-refractivity contribution in [2.24, 2.45) is 0 Å². The number of nitrogens with zero attached hydrogens (tertiary/aromatic N) is 2. The van der Waals surface area contributed by atoms with Crippen LogP contribution in [0.2, 0.25) is 0 Å². The van der Waals surface area contributed by atoms with Crippen molar-refractivity contribution in [2.75, 3.05) is 0 Å². The molecule has 0 saturated carbocycles. The molecule has 3 rings (SSSR count). The summed E-state index contributed by atoms with van der Waals surface area (Å²) in [5.41, 5.74) is -2.87. The topological polar surface area (TPSA) is 253 Å². The van der Waals surface area contributed by atoms with Gasteiger partial charge in [-0.3, -0.25) is 24.5 Å². The fraction of sp³-hybridized carbons (Fsp3) is 0.368. The molecule has 1 aromatic carbocycles. The van der Waals surface area contributed by atoms with E-state index in [1.54, 1.807) is 4.98 Å². The first-order chi connectivity index (χ1) is 17.4. The number of ether oxygens (including phenoxy) is 3. The van der Waals surface area contributed by atoms with Crippen molar-refractivity contribution in [1.82, 2.24) is 14.9 Å². The Morgan fingerprint density at radius 1 is 1.22 bits per heavy atom. The van der Waals surface area contributed by atoms with E-state index < -0.39 is 89.5 Å². The molecule has 1 aliphatic rings. The van der Waals surface area contributed by atoms with E-state index >= 15 is 0 Å². The Labute approximate surface area is 203 Å². The number of H-pyrrole nitrogens is 1. The van der Waals surface area contributed by atoms with Gasteiger partial charge in [0.1, 0.15) is 31.6 Å². The molecule has 2 heterocycles. The van der Waals surface area contributed by atoms with Crippen molar-refractivity contribution in [3.8, 4) is 5.75 Å². The Morgan fingerprint density at radius 2 is 1.92 bits per heavy atom. The second-order valence-electron chi connectivity index (χ2n) is 7.53. The quantitative estimate of drug-likeness (QED) is 0.156. The van der Waals surface area contributed by atoms with Gasteiger partial charge in [-0.15, -0.1) is 0 Å². The minimum atomic E-state index is -1.99. The summed E-state index contributed by atoms with van der Waals surface area (Å²) in [5, 5.41) is 52.3. The summed E-state index contributed by atoms with van der Waals surface area (Å²) in [6.45, 7) is -1.09. The number of halogens is 1. The van der Waals surface area contributed by atoms with Crippen molar-refractivity contribution in [1.29, 1.82) is 0 Å². The first-order valence-electron chi connectivity index (χ1n) is 10.2. The predicted molar refractivity (Wildman–Crippen MR) is 113 cm³/mol. The SMILES string of the molecule is O=C(NCn1cc(F)c(=O)[nH]c1=O)OCc1ccc(O[C@@H]2O[C@H](C(=O)O)[C@@H](O)[C@H](O)[C@H]2O)c([N+](=O)[O-])c1. The number of aromatic nitrogens is 2. The number of nitrogens with one attached hydrogen (secondary N) is 2. The molecule has 1 amide bonds. The summed E-state index contributed by atoms with van der Waals surface area (Å²) in [6.07, 6.45) is -10.4. The van der Waals surface area contributed by atoms with Crippen LogP contribution in [0.3, 0.4) is 0 Å². The number of rotatable bonds is 8. The Kier molecular flexibility index (Phi) is 8.17. The number of carbonyl (C=O) groups excluding carboxylic acids is 1. The summed E-state index contributed by atoms with van der Waals surface area (Å²) < 4.78 is 28.9. The van der Waals surface area contributed by atoms with Gasteiger partial charge in [-0.25, -0.2) is 14.4 Å². The molecule has 18 heteroatoms. The van der Waals surface area contributed by atoms with Gasteiger partial charge >= 0.3 is 23.4 Å². The zero-order chi connectivity index (χ0) is 27.4. The molecule has 0 unspecified atom stereocenters. The lowest BCUT2D eigenvalue weighted by Crippen LogP contribution is -2.61. The lowest BCUT2D eigenvalue weighted by Gasteiger charge is -2.38. The van der Waals surface area contributed by atoms with Gasteiger partial charge in [0, 0.05) is 6.07 Å². The Hall–Kier alpha value is -4.39. The number of amides is 1. The number of alkyl carbamates (subject to hydrolysis) is 1. The van der Waals surface area contributed by atoms with E-state index in [2.05, 4.69) is 5.32 Å². The molecule has 0 spiro atoms. The molecule has 0 radical (unpaired) electrons. The highest BCUT2D eigenvalue weighted by Gasteiger charge is 2.48. The third-order valence-electron chi connectivity index (χ3n) is 5.01. The molecule has 6 N–H and O–H groups in total. The molecule has 1 aromatic heterocycles. The van der Waals surface area contributed by atoms with Crippen LogP contribution in [0.15, 0.2) is 34.0 Å². The van der Waals surface area contributed by atoms with Crippen molar-refractivity contribution < 1.29 is 53.5 Å². The summed E-state index contributed by atoms with van der Waals surface area (Å²) >= 11 is 0. The van der Waals surface area contributed by atoms with Gasteiger partial charge in [-0.1, -0.05) is 6.07 Å². The number of hydrogen-bond acceptors (Lipinski definition) is 12. The smallest absolute Gasteiger partial charge is 0.408 e. The fourth-order valence-corrected chi connectivity index (χ4v) is 3.12. The maximum atomic E-state index is 13.3. The van der Waals surface area contributed by atoms with E-state index in [4.69, 9.17) is 19.3 Å². The number of nitro groups is 1. The number of benzene rings is 1. The number of aliphatic carboxylic acids is 1. The molecule has 1 saturated heterocycles. The zero-order valence-electron chi connectivity index (χ0n) is 18.3. The van der Waals surface area contributed by atoms with Gasteiger partial charge in [0.05, 0.1) is 11.1 Å². The second-order valence-corrected chi connectivity index (χ2v) is 7.53. The average molecular weight is 530 g/mol. The summed E-state index contributed by atoms with van der Waals surface area (Å²) in [4.78, 5) is 57.9. The molecule has 17 nitrogen and oxygen atoms in total. The number of hydrogen-bond donors (Lipinski definition) is 6. The number of aromatic amines is 1. The van der Waals surface area contributed by atoms with Gasteiger partial charge in [0.2, 0.25) is 12.1 Å². The van der Waals surface area contributed by atoms with E-state index in [-0.39, 0.29) is 5.56 Å². The third-order valence-corrected chi connectivity index (χ3v) is 5.01. The number of nitro benzene ring substituents is 1. The first-order valence-corrected chi connectivity index (χ1v) is 10.2. The Morgan fingerprint density at radius 3 is 2.57 bits per heavy atom. The number of carboxylic acid groups (broad SMARTS) is 1. The van der Waals surface area contributed by atoms with Crippen LogP contribution in [0.1, 0.15) is 5.56 Å². The van der Waals surface area contributed by atoms with E-state index in [0.717, 1.165) is 12.1 Å². The molecule has 0 aliphatic carbocycles. The number of aliphatic hydroxyl groups is 3. The first kappa shape index (κ1) is 27.2. The molecule has 0 bridgehead atoms. The largest absolute Gasteiger partial charge is 0.479 e. The molecule has 1 fully saturated rings. The highest BCUT2D eigenvalue weighted by Crippen LogP contribution is 2.32. The molecule has 37 heavy (non-hydrogen) atoms. The maximum Gasteiger partial charge on any atom is 0.408 e. The van der Waals surface area contributed by atoms with E-state index in [1.165, 1.54) is 6.07 Å². The third kappa shape index (κ3) is 6.25. The molecule has 2 aromatic rings. The normalized spacial score (nSPS) is 23.2. The van der Waals surface area contributed by atoms with Gasteiger partial charge in [0.25, 0.3) is 5.56 Å². The van der Waals surface area contributed by atoms with Crippen molar-refractivity contribution >= 4 is 17.7 Å². The van der Waals surface area contributed by atoms with Gasteiger partial charge in [-0.2, -0.15) is 4.39 Å². The molecule has 200 valence electrons. The van der Waals surface area contributed by atoms with Crippen LogP contribution in [0.4, 0.5) is 14.9 Å². The highest BCUT2D eigenvalue weighted by molar-refractivity contribution is 5.73. The number of carboxylic acids is 1. The van der Waals surface area contributed by atoms with Gasteiger partial charge in [-0.05, 0) is 11.6 Å². The summed E-state index contributed by atoms with van der Waals surface area (Å²) in [5.74, 6) is -3.45.